The van der Waals surface area contributed by atoms with Crippen LogP contribution in [-0.2, 0) is 4.79 Å². The first-order valence-corrected chi connectivity index (χ1v) is 5.43. The molecule has 0 aromatic heterocycles. The Morgan fingerprint density at radius 1 is 1.29 bits per heavy atom. The second kappa shape index (κ2) is 4.63. The third-order valence-electron chi connectivity index (χ3n) is 2.19. The van der Waals surface area contributed by atoms with Crippen molar-refractivity contribution in [2.45, 2.75) is 11.0 Å². The van der Waals surface area contributed by atoms with Crippen LogP contribution in [0.4, 0.5) is 18.0 Å². The molecule has 9 heteroatoms. The van der Waals surface area contributed by atoms with Crippen LogP contribution in [0.5, 0.6) is 0 Å². The lowest BCUT2D eigenvalue weighted by molar-refractivity contribution is -0.504. The zero-order valence-electron chi connectivity index (χ0n) is 9.01. The number of rotatable bonds is 1. The Kier molecular flexibility index (Phi) is 3.80. The molecule has 1 rings (SSSR count). The Balaban J connectivity index is 2.98. The molecule has 3 amide bonds. The number of hydrogen-bond acceptors (Lipinski definition) is 2. The summed E-state index contributed by atoms with van der Waals surface area (Å²) >= 11 is 2.94. The highest BCUT2D eigenvalue weighted by Gasteiger charge is 2.45. The fourth-order valence-electron chi connectivity index (χ4n) is 1.28. The molecule has 0 aromatic rings. The monoisotopic (exact) mass is 316 g/mol. The van der Waals surface area contributed by atoms with E-state index in [0.29, 0.717) is 0 Å². The molecule has 1 unspecified atom stereocenters. The molecule has 1 saturated heterocycles. The molecule has 0 aliphatic carbocycles. The van der Waals surface area contributed by atoms with E-state index >= 15 is 0 Å². The molecule has 0 spiro atoms. The number of carbonyl (C=O) groups is 2. The molecule has 0 bridgehead atoms. The van der Waals surface area contributed by atoms with Crippen molar-refractivity contribution in [1.82, 2.24) is 9.80 Å². The number of halogens is 4. The van der Waals surface area contributed by atoms with E-state index in [1.807, 2.05) is 4.99 Å². The van der Waals surface area contributed by atoms with Gasteiger partial charge in [0.1, 0.15) is 0 Å². The van der Waals surface area contributed by atoms with Crippen LogP contribution < -0.4 is 4.99 Å². The average molecular weight is 317 g/mol. The lowest BCUT2D eigenvalue weighted by Crippen LogP contribution is -2.83. The first-order chi connectivity index (χ1) is 7.65. The van der Waals surface area contributed by atoms with Crippen molar-refractivity contribution < 1.29 is 27.8 Å². The Morgan fingerprint density at radius 2 is 1.82 bits per heavy atom. The standard InChI is InChI=1S/C8H9BrF3N3O2/c1-14-5(13-3-8(10,11)12)4(9)6(16)15(2)7(14)17/h4H,3H2,1-2H3/p+1. The largest absolute Gasteiger partial charge is 0.425 e. The smallest absolute Gasteiger partial charge is 0.272 e. The van der Waals surface area contributed by atoms with Crippen molar-refractivity contribution in [2.24, 2.45) is 0 Å². The summed E-state index contributed by atoms with van der Waals surface area (Å²) in [5, 5.41) is 0. The molecular formula is C8H10BrF3N3O2+. The number of nitrogens with zero attached hydrogens (tertiary/aromatic N) is 2. The van der Waals surface area contributed by atoms with Crippen molar-refractivity contribution in [3.63, 3.8) is 0 Å². The van der Waals surface area contributed by atoms with Gasteiger partial charge in [-0.2, -0.15) is 18.1 Å². The fraction of sp³-hybridized carbons (Fsp3) is 0.625. The van der Waals surface area contributed by atoms with Crippen molar-refractivity contribution in [3.8, 4) is 0 Å². The third-order valence-corrected chi connectivity index (χ3v) is 3.02. The summed E-state index contributed by atoms with van der Waals surface area (Å²) in [6.45, 7) is -1.31. The average Bonchev–Trinajstić information content (AvgIpc) is 2.22. The van der Waals surface area contributed by atoms with Crippen molar-refractivity contribution in [2.75, 3.05) is 20.6 Å². The highest BCUT2D eigenvalue weighted by Crippen LogP contribution is 2.15. The van der Waals surface area contributed by atoms with E-state index in [1.54, 1.807) is 0 Å². The van der Waals surface area contributed by atoms with E-state index in [4.69, 9.17) is 0 Å². The molecule has 1 aliphatic rings. The lowest BCUT2D eigenvalue weighted by Gasteiger charge is -2.27. The summed E-state index contributed by atoms with van der Waals surface area (Å²) in [5.74, 6) is -0.729. The van der Waals surface area contributed by atoms with Gasteiger partial charge in [0.25, 0.3) is 11.7 Å². The van der Waals surface area contributed by atoms with Crippen molar-refractivity contribution in [3.05, 3.63) is 0 Å². The molecule has 1 N–H and O–H groups in total. The second-order valence-electron chi connectivity index (χ2n) is 3.46. The number of carbonyl (C=O) groups excluding carboxylic acids is 2. The van der Waals surface area contributed by atoms with Gasteiger partial charge in [0.05, 0.1) is 7.05 Å². The summed E-state index contributed by atoms with van der Waals surface area (Å²) in [6.07, 6.45) is -4.42. The minimum atomic E-state index is -4.42. The van der Waals surface area contributed by atoms with Gasteiger partial charge in [-0.15, -0.1) is 0 Å². The zero-order valence-corrected chi connectivity index (χ0v) is 10.6. The van der Waals surface area contributed by atoms with E-state index in [9.17, 15) is 22.8 Å². The van der Waals surface area contributed by atoms with Crippen LogP contribution in [0, 0.1) is 0 Å². The summed E-state index contributed by atoms with van der Waals surface area (Å²) < 4.78 is 36.1. The summed E-state index contributed by atoms with van der Waals surface area (Å²) in [7, 11) is 2.55. The number of urea groups is 1. The molecule has 1 heterocycles. The maximum absolute atomic E-state index is 12.0. The molecule has 5 nitrogen and oxygen atoms in total. The second-order valence-corrected chi connectivity index (χ2v) is 4.37. The van der Waals surface area contributed by atoms with Crippen LogP contribution in [0.15, 0.2) is 0 Å². The van der Waals surface area contributed by atoms with Gasteiger partial charge < -0.3 is 0 Å². The van der Waals surface area contributed by atoms with Crippen LogP contribution >= 0.6 is 15.9 Å². The zero-order chi connectivity index (χ0) is 13.4. The molecule has 0 saturated carbocycles. The van der Waals surface area contributed by atoms with E-state index in [1.165, 1.54) is 14.1 Å². The molecule has 96 valence electrons. The molecule has 1 fully saturated rings. The first-order valence-electron chi connectivity index (χ1n) is 4.52. The first kappa shape index (κ1) is 13.9. The van der Waals surface area contributed by atoms with Crippen LogP contribution in [0.2, 0.25) is 0 Å². The summed E-state index contributed by atoms with van der Waals surface area (Å²) in [5.41, 5.74) is 0. The molecule has 1 aliphatic heterocycles. The molecular weight excluding hydrogens is 307 g/mol. The SMILES string of the molecule is CN1C(=O)C(Br)C(=[NH+]CC(F)(F)F)N(C)C1=O. The third kappa shape index (κ3) is 2.96. The normalized spacial score (nSPS) is 24.8. The van der Waals surface area contributed by atoms with Crippen molar-refractivity contribution in [1.29, 1.82) is 0 Å². The number of imide groups is 1. The van der Waals surface area contributed by atoms with Gasteiger partial charge in [-0.3, -0.25) is 9.79 Å². The van der Waals surface area contributed by atoms with Gasteiger partial charge in [0, 0.05) is 7.05 Å². The van der Waals surface area contributed by atoms with Gasteiger partial charge in [-0.05, 0) is 0 Å². The highest BCUT2D eigenvalue weighted by molar-refractivity contribution is 9.10. The maximum Gasteiger partial charge on any atom is 0.425 e. The van der Waals surface area contributed by atoms with Gasteiger partial charge in [0.2, 0.25) is 0 Å². The Morgan fingerprint density at radius 3 is 2.29 bits per heavy atom. The Labute approximate surface area is 103 Å². The van der Waals surface area contributed by atoms with Crippen LogP contribution in [0.3, 0.4) is 0 Å². The van der Waals surface area contributed by atoms with Crippen molar-refractivity contribution >= 4 is 33.7 Å². The summed E-state index contributed by atoms with van der Waals surface area (Å²) in [4.78, 5) is 25.8. The Hall–Kier alpha value is -1.12. The number of alkyl halides is 4. The van der Waals surface area contributed by atoms with Gasteiger partial charge >= 0.3 is 12.2 Å². The van der Waals surface area contributed by atoms with E-state index < -0.39 is 29.5 Å². The molecule has 0 radical (unpaired) electrons. The van der Waals surface area contributed by atoms with Crippen LogP contribution in [0.25, 0.3) is 0 Å². The topological polar surface area (TPSA) is 54.6 Å². The molecule has 0 aromatic carbocycles. The van der Waals surface area contributed by atoms with Gasteiger partial charge in [-0.1, -0.05) is 15.9 Å². The predicted octanol–water partition coefficient (Wildman–Crippen LogP) is -0.685. The Bertz CT molecular complexity index is 359. The van der Waals surface area contributed by atoms with E-state index in [0.717, 1.165) is 9.80 Å². The van der Waals surface area contributed by atoms with E-state index in [-0.39, 0.29) is 5.84 Å². The molecule has 17 heavy (non-hydrogen) atoms. The fourth-order valence-corrected chi connectivity index (χ4v) is 2.05. The van der Waals surface area contributed by atoms with Gasteiger partial charge in [0.15, 0.2) is 11.4 Å². The minimum Gasteiger partial charge on any atom is -0.272 e. The van der Waals surface area contributed by atoms with Gasteiger partial charge in [-0.25, -0.2) is 9.69 Å². The van der Waals surface area contributed by atoms with Crippen LogP contribution in [0.1, 0.15) is 0 Å². The maximum atomic E-state index is 12.0. The minimum absolute atomic E-state index is 0.115. The van der Waals surface area contributed by atoms with Crippen LogP contribution in [-0.4, -0.2) is 59.2 Å². The predicted molar refractivity (Wildman–Crippen MR) is 55.5 cm³/mol. The highest BCUT2D eigenvalue weighted by atomic mass is 79.9. The number of hydrogen-bond donors (Lipinski definition) is 1. The quantitative estimate of drug-likeness (QED) is 0.651. The van der Waals surface area contributed by atoms with E-state index in [2.05, 4.69) is 15.9 Å². The summed E-state index contributed by atoms with van der Waals surface area (Å²) in [6, 6.07) is -0.685. The lowest BCUT2D eigenvalue weighted by atomic mass is 10.2. The number of amidine groups is 1. The number of amides is 3. The molecule has 1 atom stereocenters. The number of nitrogens with one attached hydrogen (secondary N) is 1.